The van der Waals surface area contributed by atoms with Crippen molar-refractivity contribution in [1.29, 1.82) is 0 Å². The van der Waals surface area contributed by atoms with Gasteiger partial charge in [0.05, 0.1) is 16.9 Å². The van der Waals surface area contributed by atoms with Crippen molar-refractivity contribution >= 4 is 29.5 Å². The molecule has 0 unspecified atom stereocenters. The highest BCUT2D eigenvalue weighted by Gasteiger charge is 2.33. The number of amides is 1. The van der Waals surface area contributed by atoms with Gasteiger partial charge in [0, 0.05) is 19.2 Å². The molecule has 7 nitrogen and oxygen atoms in total. The second kappa shape index (κ2) is 5.60. The zero-order valence-corrected chi connectivity index (χ0v) is 12.8. The number of fused-ring (bicyclic) bond motifs is 1. The van der Waals surface area contributed by atoms with Crippen molar-refractivity contribution in [3.8, 4) is 0 Å². The Hall–Kier alpha value is -2.51. The van der Waals surface area contributed by atoms with Crippen LogP contribution in [0.1, 0.15) is 6.42 Å². The summed E-state index contributed by atoms with van der Waals surface area (Å²) in [4.78, 5) is 21.6. The lowest BCUT2D eigenvalue weighted by Gasteiger charge is -2.28. The van der Waals surface area contributed by atoms with Crippen LogP contribution in [0.25, 0.3) is 0 Å². The molecule has 0 aromatic heterocycles. The number of hydroxylamine groups is 2. The zero-order chi connectivity index (χ0) is 15.8. The van der Waals surface area contributed by atoms with Crippen molar-refractivity contribution in [3.63, 3.8) is 0 Å². The van der Waals surface area contributed by atoms with E-state index in [1.807, 2.05) is 29.3 Å². The normalized spacial score (nSPS) is 22.5. The lowest BCUT2D eigenvalue weighted by Crippen LogP contribution is -2.36. The standard InChI is InChI=1S/C15H14ClN5O2/c16-10-3-1-2-4-11(10)21-13-7-17-9-20(12(13)8-19-21)23-14-5-6-18-15(14)22/h1-4,7-9,14,19H,5-6H2,(H,18,22)/t14-/m0/s1. The Morgan fingerprint density at radius 1 is 1.30 bits per heavy atom. The fourth-order valence-electron chi connectivity index (χ4n) is 2.64. The fourth-order valence-corrected chi connectivity index (χ4v) is 2.86. The monoisotopic (exact) mass is 331 g/mol. The van der Waals surface area contributed by atoms with Gasteiger partial charge in [-0.1, -0.05) is 23.7 Å². The Morgan fingerprint density at radius 2 is 2.17 bits per heavy atom. The van der Waals surface area contributed by atoms with E-state index in [1.165, 1.54) is 5.06 Å². The van der Waals surface area contributed by atoms with Gasteiger partial charge in [-0.3, -0.25) is 20.1 Å². The quantitative estimate of drug-likeness (QED) is 0.878. The Morgan fingerprint density at radius 3 is 2.96 bits per heavy atom. The second-order valence-corrected chi connectivity index (χ2v) is 5.63. The minimum absolute atomic E-state index is 0.107. The largest absolute Gasteiger partial charge is 0.354 e. The molecule has 0 spiro atoms. The third-order valence-corrected chi connectivity index (χ3v) is 4.09. The zero-order valence-electron chi connectivity index (χ0n) is 12.1. The van der Waals surface area contributed by atoms with Crippen LogP contribution in [0.5, 0.6) is 0 Å². The number of anilines is 1. The van der Waals surface area contributed by atoms with Gasteiger partial charge in [0.2, 0.25) is 0 Å². The molecule has 1 amide bonds. The van der Waals surface area contributed by atoms with Crippen molar-refractivity contribution in [2.75, 3.05) is 11.6 Å². The molecule has 3 aliphatic rings. The number of carbonyl (C=O) groups excluding carboxylic acids is 1. The Balaban J connectivity index is 1.57. The first-order chi connectivity index (χ1) is 11.2. The number of hydrazine groups is 1. The minimum atomic E-state index is -0.504. The SMILES string of the molecule is O=C1NCC[C@@H]1ON1C=NC=C2C1=CNN2c1ccccc1Cl. The predicted octanol–water partition coefficient (Wildman–Crippen LogP) is 1.51. The lowest BCUT2D eigenvalue weighted by molar-refractivity contribution is -0.151. The summed E-state index contributed by atoms with van der Waals surface area (Å²) in [6.07, 6.45) is 5.17. The molecule has 0 radical (unpaired) electrons. The van der Waals surface area contributed by atoms with Gasteiger partial charge in [0.1, 0.15) is 17.7 Å². The van der Waals surface area contributed by atoms with Crippen LogP contribution >= 0.6 is 11.6 Å². The fraction of sp³-hybridized carbons (Fsp3) is 0.200. The molecule has 4 rings (SSSR count). The molecule has 118 valence electrons. The van der Waals surface area contributed by atoms with Crippen molar-refractivity contribution in [2.45, 2.75) is 12.5 Å². The highest BCUT2D eigenvalue weighted by atomic mass is 35.5. The third kappa shape index (κ3) is 2.43. The molecule has 1 fully saturated rings. The molecule has 0 saturated carbocycles. The van der Waals surface area contributed by atoms with E-state index in [-0.39, 0.29) is 5.91 Å². The van der Waals surface area contributed by atoms with Crippen LogP contribution in [0.15, 0.2) is 53.1 Å². The second-order valence-electron chi connectivity index (χ2n) is 5.22. The summed E-state index contributed by atoms with van der Waals surface area (Å²) in [5, 5.41) is 6.69. The summed E-state index contributed by atoms with van der Waals surface area (Å²) in [5.41, 5.74) is 5.50. The first-order valence-electron chi connectivity index (χ1n) is 7.22. The summed E-state index contributed by atoms with van der Waals surface area (Å²) >= 11 is 6.26. The van der Waals surface area contributed by atoms with Crippen molar-refractivity contribution in [1.82, 2.24) is 15.8 Å². The smallest absolute Gasteiger partial charge is 0.251 e. The Bertz CT molecular complexity index is 745. The number of halogens is 1. The number of nitrogens with one attached hydrogen (secondary N) is 2. The molecule has 1 aromatic rings. The summed E-state index contributed by atoms with van der Waals surface area (Å²) in [6, 6.07) is 7.50. The molecule has 3 aliphatic heterocycles. The van der Waals surface area contributed by atoms with Crippen LogP contribution in [0, 0.1) is 0 Å². The number of carbonyl (C=O) groups is 1. The van der Waals surface area contributed by atoms with Crippen LogP contribution in [0.4, 0.5) is 5.69 Å². The van der Waals surface area contributed by atoms with Gasteiger partial charge in [-0.05, 0) is 12.1 Å². The first-order valence-corrected chi connectivity index (χ1v) is 7.60. The molecule has 8 heteroatoms. The molecule has 1 saturated heterocycles. The highest BCUT2D eigenvalue weighted by molar-refractivity contribution is 6.33. The molecule has 1 aromatic carbocycles. The molecule has 3 heterocycles. The maximum atomic E-state index is 11.7. The van der Waals surface area contributed by atoms with Gasteiger partial charge in [-0.15, -0.1) is 0 Å². The maximum absolute atomic E-state index is 11.7. The number of hydrogen-bond acceptors (Lipinski definition) is 6. The van der Waals surface area contributed by atoms with E-state index in [0.717, 1.165) is 17.1 Å². The predicted molar refractivity (Wildman–Crippen MR) is 86.1 cm³/mol. The highest BCUT2D eigenvalue weighted by Crippen LogP contribution is 2.34. The van der Waals surface area contributed by atoms with Gasteiger partial charge < -0.3 is 5.32 Å². The number of aliphatic imine (C=N–C) groups is 1. The van der Waals surface area contributed by atoms with E-state index >= 15 is 0 Å². The average Bonchev–Trinajstić information content (AvgIpc) is 3.15. The minimum Gasteiger partial charge on any atom is -0.354 e. The number of rotatable bonds is 3. The molecule has 0 aliphatic carbocycles. The number of para-hydroxylation sites is 1. The van der Waals surface area contributed by atoms with Crippen LogP contribution < -0.4 is 15.8 Å². The molecular formula is C15H14ClN5O2. The summed E-state index contributed by atoms with van der Waals surface area (Å²) in [5.74, 6) is -0.107. The van der Waals surface area contributed by atoms with Gasteiger partial charge in [0.25, 0.3) is 5.91 Å². The van der Waals surface area contributed by atoms with E-state index in [1.54, 1.807) is 18.7 Å². The van der Waals surface area contributed by atoms with Crippen molar-refractivity contribution < 1.29 is 9.63 Å². The first kappa shape index (κ1) is 14.1. The topological polar surface area (TPSA) is 69.2 Å². The van der Waals surface area contributed by atoms with Gasteiger partial charge in [-0.25, -0.2) is 10.1 Å². The Kier molecular flexibility index (Phi) is 3.44. The van der Waals surface area contributed by atoms with Crippen LogP contribution in [0.2, 0.25) is 5.02 Å². The Labute approximate surface area is 137 Å². The van der Waals surface area contributed by atoms with E-state index < -0.39 is 6.10 Å². The molecule has 1 atom stereocenters. The van der Waals surface area contributed by atoms with Gasteiger partial charge >= 0.3 is 0 Å². The number of benzene rings is 1. The van der Waals surface area contributed by atoms with Crippen molar-refractivity contribution in [3.05, 3.63) is 53.1 Å². The number of hydrogen-bond donors (Lipinski definition) is 2. The van der Waals surface area contributed by atoms with Crippen LogP contribution in [0.3, 0.4) is 0 Å². The summed E-state index contributed by atoms with van der Waals surface area (Å²) in [7, 11) is 0. The van der Waals surface area contributed by atoms with E-state index in [0.29, 0.717) is 18.0 Å². The van der Waals surface area contributed by atoms with Gasteiger partial charge in [-0.2, -0.15) is 0 Å². The number of nitrogens with zero attached hydrogens (tertiary/aromatic N) is 3. The van der Waals surface area contributed by atoms with Gasteiger partial charge in [0.15, 0.2) is 6.10 Å². The summed E-state index contributed by atoms with van der Waals surface area (Å²) < 4.78 is 0. The van der Waals surface area contributed by atoms with Crippen LogP contribution in [-0.2, 0) is 9.63 Å². The van der Waals surface area contributed by atoms with Crippen molar-refractivity contribution in [2.24, 2.45) is 4.99 Å². The molecule has 2 N–H and O–H groups in total. The summed E-state index contributed by atoms with van der Waals surface area (Å²) in [6.45, 7) is 0.625. The van der Waals surface area contributed by atoms with E-state index in [9.17, 15) is 4.79 Å². The maximum Gasteiger partial charge on any atom is 0.251 e. The average molecular weight is 332 g/mol. The molecule has 0 bridgehead atoms. The van der Waals surface area contributed by atoms with E-state index in [2.05, 4.69) is 15.7 Å². The molecular weight excluding hydrogens is 318 g/mol. The third-order valence-electron chi connectivity index (χ3n) is 3.77. The molecule has 23 heavy (non-hydrogen) atoms. The van der Waals surface area contributed by atoms with Crippen LogP contribution in [-0.4, -0.2) is 30.0 Å². The lowest BCUT2D eigenvalue weighted by atomic mass is 10.2. The van der Waals surface area contributed by atoms with E-state index in [4.69, 9.17) is 16.4 Å².